The fourth-order valence-electron chi connectivity index (χ4n) is 0.427. The minimum absolute atomic E-state index is 0.191. The van der Waals surface area contributed by atoms with Gasteiger partial charge in [-0.1, -0.05) is 23.2 Å². The van der Waals surface area contributed by atoms with Crippen molar-refractivity contribution in [2.24, 2.45) is 0 Å². The van der Waals surface area contributed by atoms with Crippen LogP contribution in [0.2, 0.25) is 10.0 Å². The molecule has 0 amide bonds. The Bertz CT molecular complexity index is 222. The maximum absolute atomic E-state index is 12.2. The molecule has 1 rings (SSSR count). The number of halogens is 3. The van der Waals surface area contributed by atoms with Gasteiger partial charge in [-0.2, -0.15) is 0 Å². The highest BCUT2D eigenvalue weighted by Crippen LogP contribution is 2.20. The molecular weight excluding hydrogens is 162 g/mol. The Hall–Kier alpha value is -0.270. The molecule has 0 aliphatic rings. The zero-order valence-corrected chi connectivity index (χ0v) is 5.80. The molecule has 0 unspecified atom stereocenters. The number of benzene rings is 1. The maximum Gasteiger partial charge on any atom is 0.125 e. The van der Waals surface area contributed by atoms with Crippen LogP contribution in [0.15, 0.2) is 12.1 Å². The van der Waals surface area contributed by atoms with Crippen molar-refractivity contribution in [2.75, 3.05) is 0 Å². The molecule has 0 bridgehead atoms. The minimum atomic E-state index is -0.426. The Balaban J connectivity index is 3.17. The molecular formula is C6H2Cl2F. The van der Waals surface area contributed by atoms with Crippen LogP contribution in [0.4, 0.5) is 4.39 Å². The lowest BCUT2D eigenvalue weighted by Gasteiger charge is -1.91. The molecule has 0 nitrogen and oxygen atoms in total. The Labute approximate surface area is 62.2 Å². The highest BCUT2D eigenvalue weighted by Gasteiger charge is 1.96. The SMILES string of the molecule is Fc1c[c]c(Cl)c(Cl)c1. The summed E-state index contributed by atoms with van der Waals surface area (Å²) in [5.41, 5.74) is 0. The van der Waals surface area contributed by atoms with E-state index in [0.717, 1.165) is 12.1 Å². The number of hydrogen-bond donors (Lipinski definition) is 0. The zero-order chi connectivity index (χ0) is 6.85. The molecule has 1 aromatic carbocycles. The Morgan fingerprint density at radius 1 is 1.44 bits per heavy atom. The second kappa shape index (κ2) is 2.54. The van der Waals surface area contributed by atoms with E-state index in [1.807, 2.05) is 0 Å². The topological polar surface area (TPSA) is 0 Å². The van der Waals surface area contributed by atoms with E-state index in [2.05, 4.69) is 6.07 Å². The predicted octanol–water partition coefficient (Wildman–Crippen LogP) is 2.93. The van der Waals surface area contributed by atoms with Crippen molar-refractivity contribution in [3.63, 3.8) is 0 Å². The van der Waals surface area contributed by atoms with Gasteiger partial charge in [-0.05, 0) is 12.1 Å². The first-order chi connectivity index (χ1) is 4.20. The molecule has 0 saturated carbocycles. The molecule has 9 heavy (non-hydrogen) atoms. The van der Waals surface area contributed by atoms with E-state index in [9.17, 15) is 4.39 Å². The molecule has 0 saturated heterocycles. The highest BCUT2D eigenvalue weighted by atomic mass is 35.5. The van der Waals surface area contributed by atoms with Gasteiger partial charge in [-0.25, -0.2) is 4.39 Å². The molecule has 1 radical (unpaired) electrons. The second-order valence-corrected chi connectivity index (χ2v) is 2.26. The summed E-state index contributed by atoms with van der Waals surface area (Å²) < 4.78 is 12.2. The van der Waals surface area contributed by atoms with E-state index >= 15 is 0 Å². The third kappa shape index (κ3) is 1.57. The Kier molecular flexibility index (Phi) is 1.94. The largest absolute Gasteiger partial charge is 0.207 e. The van der Waals surface area contributed by atoms with Crippen LogP contribution >= 0.6 is 23.2 Å². The highest BCUT2D eigenvalue weighted by molar-refractivity contribution is 6.41. The first-order valence-electron chi connectivity index (χ1n) is 2.22. The van der Waals surface area contributed by atoms with Gasteiger partial charge in [0.25, 0.3) is 0 Å². The molecule has 0 aromatic heterocycles. The average Bonchev–Trinajstić information content (AvgIpc) is 1.80. The molecule has 0 N–H and O–H groups in total. The normalized spacial score (nSPS) is 9.67. The molecule has 1 aromatic rings. The molecule has 0 aliphatic heterocycles. The van der Waals surface area contributed by atoms with Gasteiger partial charge in [0.15, 0.2) is 0 Å². The van der Waals surface area contributed by atoms with Crippen molar-refractivity contribution < 1.29 is 4.39 Å². The van der Waals surface area contributed by atoms with Gasteiger partial charge in [0.2, 0.25) is 0 Å². The first-order valence-corrected chi connectivity index (χ1v) is 2.98. The van der Waals surface area contributed by atoms with Crippen LogP contribution in [0.3, 0.4) is 0 Å². The second-order valence-electron chi connectivity index (χ2n) is 1.48. The summed E-state index contributed by atoms with van der Waals surface area (Å²) in [5, 5.41) is 0.440. The quantitative estimate of drug-likeness (QED) is 0.517. The lowest BCUT2D eigenvalue weighted by atomic mass is 10.3. The fourth-order valence-corrected chi connectivity index (χ4v) is 0.695. The molecule has 0 atom stereocenters. The van der Waals surface area contributed by atoms with Crippen LogP contribution in [0.5, 0.6) is 0 Å². The maximum atomic E-state index is 12.2. The average molecular weight is 164 g/mol. The minimum Gasteiger partial charge on any atom is -0.207 e. The Morgan fingerprint density at radius 2 is 2.11 bits per heavy atom. The summed E-state index contributed by atoms with van der Waals surface area (Å²) in [7, 11) is 0. The van der Waals surface area contributed by atoms with Gasteiger partial charge in [0.05, 0.1) is 10.0 Å². The predicted molar refractivity (Wildman–Crippen MR) is 35.3 cm³/mol. The van der Waals surface area contributed by atoms with E-state index in [4.69, 9.17) is 23.2 Å². The van der Waals surface area contributed by atoms with Crippen molar-refractivity contribution >= 4 is 23.2 Å². The van der Waals surface area contributed by atoms with Crippen LogP contribution < -0.4 is 0 Å². The standard InChI is InChI=1S/C6H2Cl2F/c7-5-2-1-4(9)3-6(5)8/h1,3H. The van der Waals surface area contributed by atoms with Crippen molar-refractivity contribution in [3.05, 3.63) is 34.1 Å². The third-order valence-electron chi connectivity index (χ3n) is 0.811. The van der Waals surface area contributed by atoms with Crippen LogP contribution in [0, 0.1) is 11.9 Å². The molecule has 0 spiro atoms. The summed E-state index contributed by atoms with van der Waals surface area (Å²) in [4.78, 5) is 0. The van der Waals surface area contributed by atoms with Crippen molar-refractivity contribution in [1.82, 2.24) is 0 Å². The lowest BCUT2D eigenvalue weighted by molar-refractivity contribution is 0.627. The van der Waals surface area contributed by atoms with Crippen LogP contribution in [0.25, 0.3) is 0 Å². The van der Waals surface area contributed by atoms with E-state index in [-0.39, 0.29) is 10.0 Å². The van der Waals surface area contributed by atoms with Gasteiger partial charge in [0, 0.05) is 6.07 Å². The van der Waals surface area contributed by atoms with E-state index in [1.54, 1.807) is 0 Å². The van der Waals surface area contributed by atoms with Crippen molar-refractivity contribution in [3.8, 4) is 0 Å². The number of hydrogen-bond acceptors (Lipinski definition) is 0. The monoisotopic (exact) mass is 163 g/mol. The summed E-state index contributed by atoms with van der Waals surface area (Å²) in [6.45, 7) is 0. The van der Waals surface area contributed by atoms with Gasteiger partial charge in [0.1, 0.15) is 5.82 Å². The van der Waals surface area contributed by atoms with E-state index in [1.165, 1.54) is 0 Å². The van der Waals surface area contributed by atoms with Crippen molar-refractivity contribution in [1.29, 1.82) is 0 Å². The fraction of sp³-hybridized carbons (Fsp3) is 0. The van der Waals surface area contributed by atoms with E-state index < -0.39 is 5.82 Å². The van der Waals surface area contributed by atoms with Gasteiger partial charge in [-0.3, -0.25) is 0 Å². The molecule has 0 fully saturated rings. The first kappa shape index (κ1) is 6.84. The van der Waals surface area contributed by atoms with Crippen molar-refractivity contribution in [2.45, 2.75) is 0 Å². The smallest absolute Gasteiger partial charge is 0.125 e. The van der Waals surface area contributed by atoms with Crippen LogP contribution in [0.1, 0.15) is 0 Å². The van der Waals surface area contributed by atoms with Gasteiger partial charge in [-0.15, -0.1) is 0 Å². The molecule has 0 heterocycles. The summed E-state index contributed by atoms with van der Waals surface area (Å²) in [6.07, 6.45) is 0. The molecule has 3 heteroatoms. The zero-order valence-electron chi connectivity index (χ0n) is 4.29. The van der Waals surface area contributed by atoms with Gasteiger partial charge < -0.3 is 0 Å². The number of rotatable bonds is 0. The summed E-state index contributed by atoms with van der Waals surface area (Å²) in [5.74, 6) is -0.426. The van der Waals surface area contributed by atoms with Crippen LogP contribution in [-0.4, -0.2) is 0 Å². The third-order valence-corrected chi connectivity index (χ3v) is 1.52. The van der Waals surface area contributed by atoms with Gasteiger partial charge >= 0.3 is 0 Å². The molecule has 47 valence electrons. The lowest BCUT2D eigenvalue weighted by Crippen LogP contribution is -1.72. The summed E-state index contributed by atoms with van der Waals surface area (Å²) >= 11 is 10.8. The summed E-state index contributed by atoms with van der Waals surface area (Å²) in [6, 6.07) is 4.70. The molecule has 0 aliphatic carbocycles. The van der Waals surface area contributed by atoms with E-state index in [0.29, 0.717) is 0 Å². The van der Waals surface area contributed by atoms with Crippen LogP contribution in [-0.2, 0) is 0 Å². The Morgan fingerprint density at radius 3 is 2.56 bits per heavy atom.